The lowest BCUT2D eigenvalue weighted by atomic mass is 10.2. The van der Waals surface area contributed by atoms with Crippen molar-refractivity contribution in [1.29, 1.82) is 0 Å². The maximum atomic E-state index is 13.4. The number of hydrogen-bond acceptors (Lipinski definition) is 2. The van der Waals surface area contributed by atoms with E-state index in [1.54, 1.807) is 13.2 Å². The molecular weight excluding hydrogens is 255 g/mol. The Kier molecular flexibility index (Phi) is 3.88. The summed E-state index contributed by atoms with van der Waals surface area (Å²) >= 11 is 6.15. The highest BCUT2D eigenvalue weighted by Gasteiger charge is 2.19. The molecule has 0 aliphatic carbocycles. The number of rotatable bonds is 4. The van der Waals surface area contributed by atoms with Crippen molar-refractivity contribution >= 4 is 22.6 Å². The van der Waals surface area contributed by atoms with Crippen LogP contribution in [0.3, 0.4) is 0 Å². The van der Waals surface area contributed by atoms with Gasteiger partial charge in [-0.1, -0.05) is 0 Å². The van der Waals surface area contributed by atoms with Gasteiger partial charge in [0.05, 0.1) is 29.1 Å². The summed E-state index contributed by atoms with van der Waals surface area (Å²) in [6, 6.07) is 4.61. The summed E-state index contributed by atoms with van der Waals surface area (Å²) in [5.74, 6) is 0.462. The van der Waals surface area contributed by atoms with Crippen molar-refractivity contribution in [1.82, 2.24) is 9.55 Å². The zero-order chi connectivity index (χ0) is 13.3. The molecule has 1 aromatic heterocycles. The van der Waals surface area contributed by atoms with Crippen molar-refractivity contribution in [2.75, 3.05) is 13.7 Å². The van der Waals surface area contributed by atoms with Crippen LogP contribution in [0, 0.1) is 5.82 Å². The number of halogens is 2. The van der Waals surface area contributed by atoms with Gasteiger partial charge in [-0.15, -0.1) is 11.6 Å². The number of imidazole rings is 1. The highest BCUT2D eigenvalue weighted by molar-refractivity contribution is 6.20. The minimum atomic E-state index is -0.276. The topological polar surface area (TPSA) is 27.1 Å². The van der Waals surface area contributed by atoms with E-state index in [0.717, 1.165) is 16.9 Å². The molecule has 0 N–H and O–H groups in total. The smallest absolute Gasteiger partial charge is 0.128 e. The molecule has 2 atom stereocenters. The zero-order valence-electron chi connectivity index (χ0n) is 10.7. The number of aromatic nitrogens is 2. The lowest BCUT2D eigenvalue weighted by molar-refractivity contribution is 0.162. The molecule has 0 fully saturated rings. The van der Waals surface area contributed by atoms with Crippen LogP contribution < -0.4 is 0 Å². The molecule has 0 saturated heterocycles. The fourth-order valence-electron chi connectivity index (χ4n) is 2.14. The van der Waals surface area contributed by atoms with Crippen molar-refractivity contribution in [3.05, 3.63) is 29.8 Å². The second-order valence-electron chi connectivity index (χ2n) is 4.39. The highest BCUT2D eigenvalue weighted by Crippen LogP contribution is 2.28. The quantitative estimate of drug-likeness (QED) is 0.793. The largest absolute Gasteiger partial charge is 0.383 e. The van der Waals surface area contributed by atoms with Crippen LogP contribution in [0.4, 0.5) is 4.39 Å². The summed E-state index contributed by atoms with van der Waals surface area (Å²) in [7, 11) is 1.64. The van der Waals surface area contributed by atoms with Crippen molar-refractivity contribution in [3.63, 3.8) is 0 Å². The summed E-state index contributed by atoms with van der Waals surface area (Å²) in [6.07, 6.45) is 0. The fourth-order valence-corrected chi connectivity index (χ4v) is 2.30. The molecule has 0 bridgehead atoms. The van der Waals surface area contributed by atoms with Crippen LogP contribution in [0.25, 0.3) is 11.0 Å². The molecule has 2 aromatic rings. The monoisotopic (exact) mass is 270 g/mol. The Morgan fingerprint density at radius 1 is 1.44 bits per heavy atom. The van der Waals surface area contributed by atoms with E-state index in [1.165, 1.54) is 12.1 Å². The van der Waals surface area contributed by atoms with Crippen LogP contribution in [0.15, 0.2) is 18.2 Å². The average Bonchev–Trinajstić information content (AvgIpc) is 2.67. The molecule has 1 heterocycles. The number of fused-ring (bicyclic) bond motifs is 1. The van der Waals surface area contributed by atoms with E-state index in [4.69, 9.17) is 16.3 Å². The third-order valence-corrected chi connectivity index (χ3v) is 3.08. The standard InChI is InChI=1S/C13H16ClFN2O/c1-8(7-18-3)17-12-6-10(15)4-5-11(12)16-13(17)9(2)14/h4-6,8-9H,7H2,1-3H3. The van der Waals surface area contributed by atoms with E-state index in [1.807, 2.05) is 18.4 Å². The molecule has 0 amide bonds. The Labute approximate surface area is 111 Å². The van der Waals surface area contributed by atoms with Gasteiger partial charge in [-0.2, -0.15) is 0 Å². The van der Waals surface area contributed by atoms with Crippen LogP contribution >= 0.6 is 11.6 Å². The minimum Gasteiger partial charge on any atom is -0.383 e. The number of benzene rings is 1. The first-order valence-corrected chi connectivity index (χ1v) is 6.28. The van der Waals surface area contributed by atoms with Gasteiger partial charge in [0, 0.05) is 7.11 Å². The number of hydrogen-bond donors (Lipinski definition) is 0. The van der Waals surface area contributed by atoms with Crippen molar-refractivity contribution in [3.8, 4) is 0 Å². The second kappa shape index (κ2) is 5.24. The van der Waals surface area contributed by atoms with Gasteiger partial charge in [-0.25, -0.2) is 9.37 Å². The first-order chi connectivity index (χ1) is 8.54. The van der Waals surface area contributed by atoms with Gasteiger partial charge in [-0.3, -0.25) is 0 Å². The molecule has 2 unspecified atom stereocenters. The maximum Gasteiger partial charge on any atom is 0.128 e. The van der Waals surface area contributed by atoms with Gasteiger partial charge >= 0.3 is 0 Å². The molecule has 0 radical (unpaired) electrons. The Bertz CT molecular complexity index is 553. The Balaban J connectivity index is 2.64. The molecule has 0 aliphatic heterocycles. The van der Waals surface area contributed by atoms with E-state index in [0.29, 0.717) is 6.61 Å². The van der Waals surface area contributed by atoms with E-state index in [9.17, 15) is 4.39 Å². The second-order valence-corrected chi connectivity index (χ2v) is 5.05. The van der Waals surface area contributed by atoms with Gasteiger partial charge < -0.3 is 9.30 Å². The normalized spacial score (nSPS) is 14.9. The summed E-state index contributed by atoms with van der Waals surface area (Å²) in [5, 5.41) is -0.236. The van der Waals surface area contributed by atoms with Gasteiger partial charge in [0.25, 0.3) is 0 Å². The van der Waals surface area contributed by atoms with Crippen LogP contribution in [-0.2, 0) is 4.74 Å². The van der Waals surface area contributed by atoms with Crippen molar-refractivity contribution in [2.45, 2.75) is 25.3 Å². The Hall–Kier alpha value is -1.13. The maximum absolute atomic E-state index is 13.4. The molecule has 2 rings (SSSR count). The predicted molar refractivity (Wildman–Crippen MR) is 70.5 cm³/mol. The number of methoxy groups -OCH3 is 1. The molecule has 0 spiro atoms. The first-order valence-electron chi connectivity index (χ1n) is 5.85. The lowest BCUT2D eigenvalue weighted by Gasteiger charge is -2.17. The minimum absolute atomic E-state index is 0.0537. The van der Waals surface area contributed by atoms with E-state index >= 15 is 0 Å². The predicted octanol–water partition coefficient (Wildman–Crippen LogP) is 3.68. The molecule has 0 aliphatic rings. The third-order valence-electron chi connectivity index (χ3n) is 2.88. The Morgan fingerprint density at radius 3 is 2.78 bits per heavy atom. The van der Waals surface area contributed by atoms with Crippen molar-refractivity contribution in [2.24, 2.45) is 0 Å². The molecular formula is C13H16ClFN2O. The highest BCUT2D eigenvalue weighted by atomic mass is 35.5. The van der Waals surface area contributed by atoms with Gasteiger partial charge in [0.15, 0.2) is 0 Å². The molecule has 18 heavy (non-hydrogen) atoms. The van der Waals surface area contributed by atoms with E-state index in [-0.39, 0.29) is 17.2 Å². The summed E-state index contributed by atoms with van der Waals surface area (Å²) < 4.78 is 20.5. The molecule has 1 aromatic carbocycles. The van der Waals surface area contributed by atoms with Crippen LogP contribution in [0.1, 0.15) is 31.1 Å². The first kappa shape index (κ1) is 13.3. The van der Waals surface area contributed by atoms with Crippen LogP contribution in [-0.4, -0.2) is 23.3 Å². The number of ether oxygens (including phenoxy) is 1. The lowest BCUT2D eigenvalue weighted by Crippen LogP contribution is -2.14. The number of nitrogens with zero attached hydrogens (tertiary/aromatic N) is 2. The summed E-state index contributed by atoms with van der Waals surface area (Å²) in [4.78, 5) is 4.47. The van der Waals surface area contributed by atoms with Gasteiger partial charge in [-0.05, 0) is 32.0 Å². The summed E-state index contributed by atoms with van der Waals surface area (Å²) in [6.45, 7) is 4.38. The van der Waals surface area contributed by atoms with Crippen molar-refractivity contribution < 1.29 is 9.13 Å². The van der Waals surface area contributed by atoms with Gasteiger partial charge in [0.2, 0.25) is 0 Å². The van der Waals surface area contributed by atoms with E-state index < -0.39 is 0 Å². The average molecular weight is 271 g/mol. The molecule has 98 valence electrons. The zero-order valence-corrected chi connectivity index (χ0v) is 11.4. The Morgan fingerprint density at radius 2 is 2.17 bits per heavy atom. The number of alkyl halides is 1. The van der Waals surface area contributed by atoms with Gasteiger partial charge in [0.1, 0.15) is 11.6 Å². The van der Waals surface area contributed by atoms with E-state index in [2.05, 4.69) is 4.98 Å². The van der Waals surface area contributed by atoms with Crippen LogP contribution in [0.2, 0.25) is 0 Å². The molecule has 0 saturated carbocycles. The van der Waals surface area contributed by atoms with Crippen LogP contribution in [0.5, 0.6) is 0 Å². The molecule has 3 nitrogen and oxygen atoms in total. The fraction of sp³-hybridized carbons (Fsp3) is 0.462. The third kappa shape index (κ3) is 2.35. The SMILES string of the molecule is COCC(C)n1c(C(C)Cl)nc2ccc(F)cc21. The summed E-state index contributed by atoms with van der Waals surface area (Å²) in [5.41, 5.74) is 1.50. The molecule has 5 heteroatoms.